The number of halogens is 3. The molecule has 0 amide bonds. The Morgan fingerprint density at radius 2 is 2.06 bits per heavy atom. The number of methoxy groups -OCH3 is 1. The molecule has 1 rings (SSSR count). The molecule has 88 valence electrons. The first-order valence-electron chi connectivity index (χ1n) is 4.25. The highest BCUT2D eigenvalue weighted by Gasteiger charge is 2.34. The van der Waals surface area contributed by atoms with Gasteiger partial charge < -0.3 is 10.5 Å². The Balaban J connectivity index is 3.28. The van der Waals surface area contributed by atoms with E-state index in [9.17, 15) is 13.2 Å². The number of alkyl halides is 3. The van der Waals surface area contributed by atoms with E-state index in [1.54, 1.807) is 0 Å². The molecule has 6 heteroatoms. The fourth-order valence-corrected chi connectivity index (χ4v) is 1.33. The molecule has 16 heavy (non-hydrogen) atoms. The molecule has 0 fully saturated rings. The van der Waals surface area contributed by atoms with Gasteiger partial charge in [-0.15, -0.1) is 12.6 Å². The lowest BCUT2D eigenvalue weighted by Gasteiger charge is -2.13. The Morgan fingerprint density at radius 3 is 2.50 bits per heavy atom. The van der Waals surface area contributed by atoms with E-state index in [0.29, 0.717) is 5.56 Å². The summed E-state index contributed by atoms with van der Waals surface area (Å²) in [5.41, 5.74) is 5.40. The van der Waals surface area contributed by atoms with Gasteiger partial charge in [-0.25, -0.2) is 0 Å². The third-order valence-corrected chi connectivity index (χ3v) is 2.26. The molecule has 0 saturated carbocycles. The molecule has 0 aliphatic heterocycles. The molecule has 0 bridgehead atoms. The third-order valence-electron chi connectivity index (χ3n) is 1.98. The minimum atomic E-state index is -4.44. The minimum absolute atomic E-state index is 0.261. The van der Waals surface area contributed by atoms with E-state index in [4.69, 9.17) is 5.73 Å². The summed E-state index contributed by atoms with van der Waals surface area (Å²) in [5.74, 6) is -0.261. The molecule has 0 unspecified atom stereocenters. The van der Waals surface area contributed by atoms with Crippen LogP contribution in [0, 0.1) is 0 Å². The van der Waals surface area contributed by atoms with Crippen LogP contribution >= 0.6 is 12.6 Å². The van der Waals surface area contributed by atoms with Gasteiger partial charge >= 0.3 is 6.18 Å². The fraction of sp³-hybridized carbons (Fsp3) is 0.200. The summed E-state index contributed by atoms with van der Waals surface area (Å²) >= 11 is 3.82. The van der Waals surface area contributed by atoms with Crippen LogP contribution in [-0.4, -0.2) is 7.11 Å². The first-order valence-corrected chi connectivity index (χ1v) is 4.77. The smallest absolute Gasteiger partial charge is 0.419 e. The monoisotopic (exact) mass is 249 g/mol. The lowest BCUT2D eigenvalue weighted by atomic mass is 10.1. The third kappa shape index (κ3) is 2.63. The van der Waals surface area contributed by atoms with E-state index in [1.165, 1.54) is 24.7 Å². The maximum absolute atomic E-state index is 12.5. The molecular weight excluding hydrogens is 239 g/mol. The van der Waals surface area contributed by atoms with Crippen molar-refractivity contribution in [2.24, 2.45) is 5.73 Å². The first-order chi connectivity index (χ1) is 7.40. The molecule has 0 aliphatic rings. The van der Waals surface area contributed by atoms with Crippen molar-refractivity contribution in [2.45, 2.75) is 6.18 Å². The topological polar surface area (TPSA) is 35.2 Å². The molecular formula is C10H10F3NOS. The van der Waals surface area contributed by atoms with Gasteiger partial charge in [0.05, 0.1) is 12.7 Å². The van der Waals surface area contributed by atoms with Gasteiger partial charge in [0.25, 0.3) is 0 Å². The number of benzene rings is 1. The zero-order valence-corrected chi connectivity index (χ0v) is 9.27. The molecule has 1 aromatic rings. The molecule has 0 aliphatic carbocycles. The SMILES string of the molecule is COc1cc(/C(N)=C/S)ccc1C(F)(F)F. The van der Waals surface area contributed by atoms with Crippen LogP contribution in [0.15, 0.2) is 23.6 Å². The molecule has 0 radical (unpaired) electrons. The summed E-state index contributed by atoms with van der Waals surface area (Å²) in [5, 5.41) is 1.31. The van der Waals surface area contributed by atoms with E-state index in [-0.39, 0.29) is 11.4 Å². The predicted octanol–water partition coefficient (Wildman–Crippen LogP) is 2.90. The van der Waals surface area contributed by atoms with Crippen molar-refractivity contribution < 1.29 is 17.9 Å². The maximum atomic E-state index is 12.5. The average Bonchev–Trinajstić information content (AvgIpc) is 2.25. The molecule has 0 spiro atoms. The Bertz CT molecular complexity index is 415. The highest BCUT2D eigenvalue weighted by atomic mass is 32.1. The van der Waals surface area contributed by atoms with E-state index in [0.717, 1.165) is 6.07 Å². The Labute approximate surface area is 96.3 Å². The predicted molar refractivity (Wildman–Crippen MR) is 59.1 cm³/mol. The molecule has 0 atom stereocenters. The van der Waals surface area contributed by atoms with Crippen molar-refractivity contribution in [1.29, 1.82) is 0 Å². The summed E-state index contributed by atoms with van der Waals surface area (Å²) < 4.78 is 42.2. The van der Waals surface area contributed by atoms with Crippen LogP contribution in [0.4, 0.5) is 13.2 Å². The highest BCUT2D eigenvalue weighted by molar-refractivity contribution is 7.83. The number of ether oxygens (including phenoxy) is 1. The van der Waals surface area contributed by atoms with Crippen LogP contribution in [0.2, 0.25) is 0 Å². The first kappa shape index (κ1) is 12.8. The van der Waals surface area contributed by atoms with Crippen LogP contribution in [-0.2, 0) is 6.18 Å². The number of hydrogen-bond donors (Lipinski definition) is 2. The Kier molecular flexibility index (Phi) is 3.74. The zero-order chi connectivity index (χ0) is 12.3. The van der Waals surface area contributed by atoms with Gasteiger partial charge in [-0.05, 0) is 17.5 Å². The second-order valence-electron chi connectivity index (χ2n) is 3.00. The van der Waals surface area contributed by atoms with Gasteiger partial charge in [0.15, 0.2) is 0 Å². The number of nitrogens with two attached hydrogens (primary N) is 1. The second kappa shape index (κ2) is 4.69. The van der Waals surface area contributed by atoms with Gasteiger partial charge in [0, 0.05) is 11.3 Å². The number of thiol groups is 1. The van der Waals surface area contributed by atoms with Crippen LogP contribution in [0.1, 0.15) is 11.1 Å². The van der Waals surface area contributed by atoms with Crippen LogP contribution in [0.25, 0.3) is 5.70 Å². The number of hydrogen-bond acceptors (Lipinski definition) is 3. The van der Waals surface area contributed by atoms with E-state index < -0.39 is 11.7 Å². The molecule has 2 N–H and O–H groups in total. The zero-order valence-electron chi connectivity index (χ0n) is 8.38. The van der Waals surface area contributed by atoms with Crippen LogP contribution < -0.4 is 10.5 Å². The molecule has 2 nitrogen and oxygen atoms in total. The summed E-state index contributed by atoms with van der Waals surface area (Å²) in [6, 6.07) is 3.43. The van der Waals surface area contributed by atoms with Crippen molar-refractivity contribution in [1.82, 2.24) is 0 Å². The molecule has 0 saturated heterocycles. The maximum Gasteiger partial charge on any atom is 0.419 e. The fourth-order valence-electron chi connectivity index (χ4n) is 1.18. The van der Waals surface area contributed by atoms with Crippen molar-refractivity contribution in [2.75, 3.05) is 7.11 Å². The van der Waals surface area contributed by atoms with Crippen LogP contribution in [0.3, 0.4) is 0 Å². The Hall–Kier alpha value is -1.30. The van der Waals surface area contributed by atoms with E-state index in [2.05, 4.69) is 17.4 Å². The van der Waals surface area contributed by atoms with Crippen molar-refractivity contribution in [3.05, 3.63) is 34.7 Å². The van der Waals surface area contributed by atoms with Crippen molar-refractivity contribution in [3.63, 3.8) is 0 Å². The summed E-state index contributed by atoms with van der Waals surface area (Å²) in [6.07, 6.45) is -4.44. The van der Waals surface area contributed by atoms with Gasteiger partial charge in [-0.3, -0.25) is 0 Å². The van der Waals surface area contributed by atoms with Gasteiger partial charge in [-0.2, -0.15) is 13.2 Å². The summed E-state index contributed by atoms with van der Waals surface area (Å²) in [7, 11) is 1.18. The number of rotatable bonds is 2. The van der Waals surface area contributed by atoms with Gasteiger partial charge in [-0.1, -0.05) is 6.07 Å². The lowest BCUT2D eigenvalue weighted by Crippen LogP contribution is -2.08. The summed E-state index contributed by atoms with van der Waals surface area (Å²) in [4.78, 5) is 0. The van der Waals surface area contributed by atoms with Gasteiger partial charge in [0.1, 0.15) is 5.75 Å². The van der Waals surface area contributed by atoms with Crippen molar-refractivity contribution >= 4 is 18.3 Å². The molecule has 0 aromatic heterocycles. The standard InChI is InChI=1S/C10H10F3NOS/c1-15-9-4-6(8(14)5-16)2-3-7(9)10(11,12)13/h2-5,16H,14H2,1H3/b8-5-. The lowest BCUT2D eigenvalue weighted by molar-refractivity contribution is -0.138. The minimum Gasteiger partial charge on any atom is -0.496 e. The second-order valence-corrected chi connectivity index (χ2v) is 3.26. The molecule has 0 heterocycles. The van der Waals surface area contributed by atoms with Crippen molar-refractivity contribution in [3.8, 4) is 5.75 Å². The highest BCUT2D eigenvalue weighted by Crippen LogP contribution is 2.37. The van der Waals surface area contributed by atoms with Gasteiger partial charge in [0.2, 0.25) is 0 Å². The quantitative estimate of drug-likeness (QED) is 0.790. The normalized spacial score (nSPS) is 12.7. The van der Waals surface area contributed by atoms with Crippen LogP contribution in [0.5, 0.6) is 5.75 Å². The average molecular weight is 249 g/mol. The molecule has 1 aromatic carbocycles. The van der Waals surface area contributed by atoms with E-state index in [1.807, 2.05) is 0 Å². The van der Waals surface area contributed by atoms with E-state index >= 15 is 0 Å². The Morgan fingerprint density at radius 1 is 1.44 bits per heavy atom. The summed E-state index contributed by atoms with van der Waals surface area (Å²) in [6.45, 7) is 0. The largest absolute Gasteiger partial charge is 0.496 e.